The van der Waals surface area contributed by atoms with Crippen molar-refractivity contribution in [1.82, 2.24) is 5.32 Å². The first-order valence-electron chi connectivity index (χ1n) is 9.07. The summed E-state index contributed by atoms with van der Waals surface area (Å²) in [4.78, 5) is 12.5. The van der Waals surface area contributed by atoms with E-state index in [9.17, 15) is 4.79 Å². The molecule has 0 saturated heterocycles. The van der Waals surface area contributed by atoms with E-state index in [4.69, 9.17) is 9.15 Å². The second-order valence-corrected chi connectivity index (χ2v) is 7.08. The van der Waals surface area contributed by atoms with Crippen molar-refractivity contribution in [2.75, 3.05) is 13.7 Å². The van der Waals surface area contributed by atoms with Gasteiger partial charge in [0.1, 0.15) is 11.3 Å². The number of fused-ring (bicyclic) bond motifs is 1. The first-order chi connectivity index (χ1) is 12.7. The van der Waals surface area contributed by atoms with Gasteiger partial charge in [-0.05, 0) is 30.5 Å². The fourth-order valence-corrected chi connectivity index (χ4v) is 3.79. The Morgan fingerprint density at radius 1 is 1.19 bits per heavy atom. The lowest BCUT2D eigenvalue weighted by atomic mass is 9.64. The van der Waals surface area contributed by atoms with E-state index in [0.29, 0.717) is 13.0 Å². The van der Waals surface area contributed by atoms with E-state index < -0.39 is 0 Å². The number of hydrogen-bond acceptors (Lipinski definition) is 3. The molecular weight excluding hydrogens is 326 g/mol. The van der Waals surface area contributed by atoms with Crippen LogP contribution in [0.4, 0.5) is 0 Å². The monoisotopic (exact) mass is 349 g/mol. The molecule has 0 unspecified atom stereocenters. The van der Waals surface area contributed by atoms with Crippen LogP contribution in [-0.4, -0.2) is 19.6 Å². The number of furan rings is 1. The molecule has 0 radical (unpaired) electrons. The summed E-state index contributed by atoms with van der Waals surface area (Å²) in [5.41, 5.74) is 3.07. The first-order valence-corrected chi connectivity index (χ1v) is 9.07. The molecule has 1 aromatic heterocycles. The van der Waals surface area contributed by atoms with Gasteiger partial charge in [-0.15, -0.1) is 0 Å². The number of methoxy groups -OCH3 is 1. The number of amides is 1. The van der Waals surface area contributed by atoms with E-state index in [0.717, 1.165) is 35.1 Å². The van der Waals surface area contributed by atoms with Crippen LogP contribution in [-0.2, 0) is 16.6 Å². The molecule has 3 aromatic rings. The largest absolute Gasteiger partial charge is 0.497 e. The van der Waals surface area contributed by atoms with Gasteiger partial charge in [-0.3, -0.25) is 4.79 Å². The van der Waals surface area contributed by atoms with Crippen molar-refractivity contribution in [3.63, 3.8) is 0 Å². The van der Waals surface area contributed by atoms with E-state index in [1.54, 1.807) is 13.4 Å². The summed E-state index contributed by atoms with van der Waals surface area (Å²) in [6, 6.07) is 16.2. The predicted octanol–water partition coefficient (Wildman–Crippen LogP) is 4.22. The zero-order valence-corrected chi connectivity index (χ0v) is 15.0. The predicted molar refractivity (Wildman–Crippen MR) is 101 cm³/mol. The average Bonchev–Trinajstić information content (AvgIpc) is 3.03. The van der Waals surface area contributed by atoms with Crippen LogP contribution in [0.3, 0.4) is 0 Å². The van der Waals surface area contributed by atoms with Gasteiger partial charge in [0.05, 0.1) is 19.8 Å². The van der Waals surface area contributed by atoms with Gasteiger partial charge < -0.3 is 14.5 Å². The number of benzene rings is 2. The highest BCUT2D eigenvalue weighted by Gasteiger charge is 2.38. The molecule has 1 fully saturated rings. The molecule has 1 amide bonds. The summed E-state index contributed by atoms with van der Waals surface area (Å²) < 4.78 is 10.8. The van der Waals surface area contributed by atoms with Gasteiger partial charge in [-0.2, -0.15) is 0 Å². The Hall–Kier alpha value is -2.75. The molecule has 1 saturated carbocycles. The highest BCUT2D eigenvalue weighted by Crippen LogP contribution is 2.43. The molecule has 4 rings (SSSR count). The second-order valence-electron chi connectivity index (χ2n) is 7.08. The lowest BCUT2D eigenvalue weighted by Gasteiger charge is -2.42. The number of nitrogens with one attached hydrogen (secondary N) is 1. The third-order valence-electron chi connectivity index (χ3n) is 5.53. The molecule has 1 heterocycles. The lowest BCUT2D eigenvalue weighted by molar-refractivity contribution is -0.120. The van der Waals surface area contributed by atoms with Crippen molar-refractivity contribution in [3.05, 3.63) is 65.9 Å². The molecular formula is C22H23NO3. The minimum atomic E-state index is 0.0331. The van der Waals surface area contributed by atoms with Gasteiger partial charge in [0, 0.05) is 29.0 Å². The Balaban J connectivity index is 1.43. The van der Waals surface area contributed by atoms with Crippen molar-refractivity contribution < 1.29 is 13.9 Å². The van der Waals surface area contributed by atoms with Crippen molar-refractivity contribution >= 4 is 16.9 Å². The molecule has 4 heteroatoms. The molecule has 1 aliphatic carbocycles. The van der Waals surface area contributed by atoms with E-state index in [2.05, 4.69) is 29.6 Å². The Morgan fingerprint density at radius 2 is 2.00 bits per heavy atom. The molecule has 0 atom stereocenters. The number of rotatable bonds is 6. The summed E-state index contributed by atoms with van der Waals surface area (Å²) in [5.74, 6) is 0.781. The summed E-state index contributed by atoms with van der Waals surface area (Å²) in [7, 11) is 1.63. The van der Waals surface area contributed by atoms with Gasteiger partial charge in [0.25, 0.3) is 0 Å². The molecule has 1 N–H and O–H groups in total. The number of carbonyl (C=O) groups excluding carboxylic acids is 1. The highest BCUT2D eigenvalue weighted by atomic mass is 16.5. The fraction of sp³-hybridized carbons (Fsp3) is 0.318. The van der Waals surface area contributed by atoms with E-state index in [-0.39, 0.29) is 11.3 Å². The maximum Gasteiger partial charge on any atom is 0.224 e. The van der Waals surface area contributed by atoms with E-state index in [1.165, 1.54) is 12.0 Å². The summed E-state index contributed by atoms with van der Waals surface area (Å²) in [5, 5.41) is 4.10. The number of carbonyl (C=O) groups is 1. The molecule has 134 valence electrons. The average molecular weight is 349 g/mol. The third-order valence-corrected chi connectivity index (χ3v) is 5.53. The highest BCUT2D eigenvalue weighted by molar-refractivity contribution is 5.88. The van der Waals surface area contributed by atoms with Crippen LogP contribution in [0.15, 0.2) is 59.2 Å². The van der Waals surface area contributed by atoms with Crippen LogP contribution >= 0.6 is 0 Å². The first kappa shape index (κ1) is 16.7. The minimum absolute atomic E-state index is 0.0331. The topological polar surface area (TPSA) is 51.5 Å². The molecule has 0 aliphatic heterocycles. The van der Waals surface area contributed by atoms with Crippen molar-refractivity contribution in [2.45, 2.75) is 31.1 Å². The van der Waals surface area contributed by atoms with Gasteiger partial charge in [0.2, 0.25) is 5.91 Å². The van der Waals surface area contributed by atoms with Gasteiger partial charge >= 0.3 is 0 Å². The smallest absolute Gasteiger partial charge is 0.224 e. The summed E-state index contributed by atoms with van der Waals surface area (Å²) >= 11 is 0. The van der Waals surface area contributed by atoms with Crippen LogP contribution < -0.4 is 10.1 Å². The molecule has 2 aromatic carbocycles. The molecule has 4 nitrogen and oxygen atoms in total. The summed E-state index contributed by atoms with van der Waals surface area (Å²) in [6.45, 7) is 0.694. The van der Waals surface area contributed by atoms with Crippen LogP contribution in [0.5, 0.6) is 5.75 Å². The van der Waals surface area contributed by atoms with E-state index >= 15 is 0 Å². The zero-order valence-electron chi connectivity index (χ0n) is 15.0. The summed E-state index contributed by atoms with van der Waals surface area (Å²) in [6.07, 6.45) is 5.47. The van der Waals surface area contributed by atoms with Gasteiger partial charge in [-0.1, -0.05) is 36.8 Å². The minimum Gasteiger partial charge on any atom is -0.497 e. The van der Waals surface area contributed by atoms with Crippen molar-refractivity contribution in [2.24, 2.45) is 0 Å². The quantitative estimate of drug-likeness (QED) is 0.725. The number of ether oxygens (including phenoxy) is 1. The zero-order chi connectivity index (χ0) is 18.0. The maximum atomic E-state index is 12.5. The molecule has 26 heavy (non-hydrogen) atoms. The number of hydrogen-bond donors (Lipinski definition) is 1. The standard InChI is InChI=1S/C22H23NO3/c1-25-18-8-9-19-16(14-26-20(19)13-18)12-21(24)23-15-22(10-5-11-22)17-6-3-2-4-7-17/h2-4,6-9,13-14H,5,10-12,15H2,1H3,(H,23,24). The second kappa shape index (κ2) is 6.87. The van der Waals surface area contributed by atoms with Crippen molar-refractivity contribution in [3.8, 4) is 5.75 Å². The Morgan fingerprint density at radius 3 is 2.69 bits per heavy atom. The Labute approximate surface area is 153 Å². The molecule has 1 aliphatic rings. The van der Waals surface area contributed by atoms with Crippen LogP contribution in [0.1, 0.15) is 30.4 Å². The normalized spacial score (nSPS) is 15.4. The third kappa shape index (κ3) is 3.07. The van der Waals surface area contributed by atoms with Gasteiger partial charge in [0.15, 0.2) is 0 Å². The fourth-order valence-electron chi connectivity index (χ4n) is 3.79. The molecule has 0 spiro atoms. The van der Waals surface area contributed by atoms with Crippen LogP contribution in [0.25, 0.3) is 11.0 Å². The maximum absolute atomic E-state index is 12.5. The van der Waals surface area contributed by atoms with Crippen molar-refractivity contribution in [1.29, 1.82) is 0 Å². The molecule has 0 bridgehead atoms. The van der Waals surface area contributed by atoms with E-state index in [1.807, 2.05) is 24.3 Å². The Bertz CT molecular complexity index is 910. The van der Waals surface area contributed by atoms with Crippen LogP contribution in [0.2, 0.25) is 0 Å². The SMILES string of the molecule is COc1ccc2c(CC(=O)NCC3(c4ccccc4)CCC3)coc2c1. The van der Waals surface area contributed by atoms with Gasteiger partial charge in [-0.25, -0.2) is 0 Å². The lowest BCUT2D eigenvalue weighted by Crippen LogP contribution is -2.45. The van der Waals surface area contributed by atoms with Crippen LogP contribution in [0, 0.1) is 0 Å². The Kier molecular flexibility index (Phi) is 4.41.